The Hall–Kier alpha value is -1.13. The van der Waals surface area contributed by atoms with Crippen molar-refractivity contribution < 1.29 is 5.11 Å². The topological polar surface area (TPSA) is 48.4 Å². The summed E-state index contributed by atoms with van der Waals surface area (Å²) in [6, 6.07) is 4.25. The smallest absolute Gasteiger partial charge is 0.128 e. The Morgan fingerprint density at radius 3 is 2.64 bits per heavy atom. The van der Waals surface area contributed by atoms with E-state index < -0.39 is 5.60 Å². The average Bonchev–Trinajstić information content (AvgIpc) is 3.00. The Bertz CT molecular complexity index is 436. The second-order valence-electron chi connectivity index (χ2n) is 7.25. The van der Waals surface area contributed by atoms with Crippen molar-refractivity contribution in [3.8, 4) is 0 Å². The van der Waals surface area contributed by atoms with Crippen LogP contribution in [0.25, 0.3) is 0 Å². The van der Waals surface area contributed by atoms with Crippen LogP contribution >= 0.6 is 0 Å². The molecule has 2 N–H and O–H groups in total. The summed E-state index contributed by atoms with van der Waals surface area (Å²) in [4.78, 5) is 6.90. The molecule has 1 aromatic rings. The fraction of sp³-hybridized carbons (Fsp3) is 0.722. The van der Waals surface area contributed by atoms with Crippen LogP contribution in [0.1, 0.15) is 52.0 Å². The molecule has 1 aromatic heterocycles. The fourth-order valence-electron chi connectivity index (χ4n) is 2.82. The molecule has 1 unspecified atom stereocenters. The fourth-order valence-corrected chi connectivity index (χ4v) is 2.82. The van der Waals surface area contributed by atoms with Crippen LogP contribution in [0, 0.1) is 5.92 Å². The van der Waals surface area contributed by atoms with Gasteiger partial charge in [0.05, 0.1) is 5.60 Å². The molecule has 1 saturated heterocycles. The molecular formula is C18H31N3O. The van der Waals surface area contributed by atoms with Crippen molar-refractivity contribution in [2.24, 2.45) is 5.92 Å². The molecular weight excluding hydrogens is 274 g/mol. The molecule has 1 aliphatic heterocycles. The summed E-state index contributed by atoms with van der Waals surface area (Å²) in [6.45, 7) is 9.93. The van der Waals surface area contributed by atoms with Crippen LogP contribution in [0.5, 0.6) is 0 Å². The zero-order chi connectivity index (χ0) is 16.0. The molecule has 4 heteroatoms. The van der Waals surface area contributed by atoms with Gasteiger partial charge in [-0.05, 0) is 50.2 Å². The van der Waals surface area contributed by atoms with Gasteiger partial charge in [-0.1, -0.05) is 19.9 Å². The Morgan fingerprint density at radius 2 is 2.05 bits per heavy atom. The number of nitrogens with zero attached hydrogens (tertiary/aromatic N) is 2. The lowest BCUT2D eigenvalue weighted by molar-refractivity contribution is 0.0451. The Balaban J connectivity index is 1.74. The first kappa shape index (κ1) is 17.2. The summed E-state index contributed by atoms with van der Waals surface area (Å²) < 4.78 is 0. The van der Waals surface area contributed by atoms with Crippen molar-refractivity contribution in [3.63, 3.8) is 0 Å². The maximum Gasteiger partial charge on any atom is 0.128 e. The molecule has 0 spiro atoms. The molecule has 1 atom stereocenters. The third-order valence-corrected chi connectivity index (χ3v) is 4.33. The van der Waals surface area contributed by atoms with Crippen molar-refractivity contribution in [3.05, 3.63) is 23.9 Å². The maximum absolute atomic E-state index is 10.3. The number of aromatic nitrogens is 1. The highest BCUT2D eigenvalue weighted by atomic mass is 16.3. The van der Waals surface area contributed by atoms with E-state index in [1.54, 1.807) is 0 Å². The van der Waals surface area contributed by atoms with E-state index >= 15 is 0 Å². The van der Waals surface area contributed by atoms with Crippen LogP contribution in [0.15, 0.2) is 18.3 Å². The summed E-state index contributed by atoms with van der Waals surface area (Å²) in [5, 5.41) is 13.7. The van der Waals surface area contributed by atoms with Gasteiger partial charge in [0.2, 0.25) is 0 Å². The molecule has 0 aromatic carbocycles. The lowest BCUT2D eigenvalue weighted by Crippen LogP contribution is -2.37. The first-order chi connectivity index (χ1) is 10.5. The maximum atomic E-state index is 10.3. The second kappa shape index (κ2) is 7.93. The van der Waals surface area contributed by atoms with E-state index in [1.165, 1.54) is 18.4 Å². The van der Waals surface area contributed by atoms with Gasteiger partial charge >= 0.3 is 0 Å². The molecule has 2 heterocycles. The first-order valence-corrected chi connectivity index (χ1v) is 8.59. The number of anilines is 1. The molecule has 1 fully saturated rings. The molecule has 0 bridgehead atoms. The number of pyridine rings is 1. The highest BCUT2D eigenvalue weighted by Gasteiger charge is 2.20. The monoisotopic (exact) mass is 305 g/mol. The largest absolute Gasteiger partial charge is 0.389 e. The van der Waals surface area contributed by atoms with Gasteiger partial charge in [-0.3, -0.25) is 0 Å². The second-order valence-corrected chi connectivity index (χ2v) is 7.25. The zero-order valence-electron chi connectivity index (χ0n) is 14.3. The molecule has 124 valence electrons. The number of rotatable bonds is 8. The normalized spacial score (nSPS) is 18.0. The highest BCUT2D eigenvalue weighted by Crippen LogP contribution is 2.18. The summed E-state index contributed by atoms with van der Waals surface area (Å²) in [5.41, 5.74) is 0.537. The summed E-state index contributed by atoms with van der Waals surface area (Å²) in [5.74, 6) is 1.72. The molecule has 4 nitrogen and oxygen atoms in total. The predicted octanol–water partition coefficient (Wildman–Crippen LogP) is 2.96. The third kappa shape index (κ3) is 5.58. The van der Waals surface area contributed by atoms with Gasteiger partial charge in [-0.25, -0.2) is 4.98 Å². The molecule has 0 saturated carbocycles. The molecule has 2 rings (SSSR count). The van der Waals surface area contributed by atoms with E-state index in [4.69, 9.17) is 0 Å². The summed E-state index contributed by atoms with van der Waals surface area (Å²) in [6.07, 6.45) is 6.39. The van der Waals surface area contributed by atoms with E-state index in [9.17, 15) is 5.11 Å². The van der Waals surface area contributed by atoms with E-state index in [0.717, 1.165) is 38.3 Å². The minimum atomic E-state index is -0.632. The van der Waals surface area contributed by atoms with Gasteiger partial charge in [0.25, 0.3) is 0 Å². The van der Waals surface area contributed by atoms with Crippen molar-refractivity contribution >= 4 is 5.82 Å². The number of nitrogens with one attached hydrogen (secondary N) is 1. The quantitative estimate of drug-likeness (QED) is 0.775. The average molecular weight is 305 g/mol. The van der Waals surface area contributed by atoms with Crippen molar-refractivity contribution in [2.75, 3.05) is 24.5 Å². The van der Waals surface area contributed by atoms with E-state index in [0.29, 0.717) is 12.5 Å². The first-order valence-electron chi connectivity index (χ1n) is 8.59. The molecule has 0 radical (unpaired) electrons. The van der Waals surface area contributed by atoms with E-state index in [2.05, 4.69) is 41.2 Å². The standard InChI is InChI=1S/C18H31N3O/c1-15(2)8-9-18(3,22)14-19-12-16-6-7-17(20-13-16)21-10-4-5-11-21/h6-7,13,15,19,22H,4-5,8-12,14H2,1-3H3. The predicted molar refractivity (Wildman–Crippen MR) is 92.1 cm³/mol. The van der Waals surface area contributed by atoms with E-state index in [-0.39, 0.29) is 0 Å². The highest BCUT2D eigenvalue weighted by molar-refractivity contribution is 5.40. The molecule has 0 amide bonds. The van der Waals surface area contributed by atoms with Crippen LogP contribution in [-0.4, -0.2) is 35.3 Å². The minimum absolute atomic E-state index is 0.619. The molecule has 22 heavy (non-hydrogen) atoms. The molecule has 0 aliphatic carbocycles. The van der Waals surface area contributed by atoms with E-state index in [1.807, 2.05) is 13.1 Å². The molecule has 1 aliphatic rings. The minimum Gasteiger partial charge on any atom is -0.389 e. The zero-order valence-corrected chi connectivity index (χ0v) is 14.3. The summed E-state index contributed by atoms with van der Waals surface area (Å²) >= 11 is 0. The van der Waals surface area contributed by atoms with Crippen molar-refractivity contribution in [2.45, 2.75) is 58.6 Å². The van der Waals surface area contributed by atoms with Crippen LogP contribution in [0.2, 0.25) is 0 Å². The lowest BCUT2D eigenvalue weighted by Gasteiger charge is -2.24. The van der Waals surface area contributed by atoms with Gasteiger partial charge < -0.3 is 15.3 Å². The van der Waals surface area contributed by atoms with Crippen LogP contribution in [-0.2, 0) is 6.54 Å². The van der Waals surface area contributed by atoms with Gasteiger partial charge in [0, 0.05) is 32.4 Å². The van der Waals surface area contributed by atoms with Crippen LogP contribution in [0.4, 0.5) is 5.82 Å². The number of hydrogen-bond donors (Lipinski definition) is 2. The van der Waals surface area contributed by atoms with Gasteiger partial charge in [0.15, 0.2) is 0 Å². The van der Waals surface area contributed by atoms with Crippen molar-refractivity contribution in [1.82, 2.24) is 10.3 Å². The summed E-state index contributed by atoms with van der Waals surface area (Å²) in [7, 11) is 0. The Kier molecular flexibility index (Phi) is 6.21. The van der Waals surface area contributed by atoms with Crippen LogP contribution < -0.4 is 10.2 Å². The number of aliphatic hydroxyl groups is 1. The SMILES string of the molecule is CC(C)CCC(C)(O)CNCc1ccc(N2CCCC2)nc1. The van der Waals surface area contributed by atoms with Crippen molar-refractivity contribution in [1.29, 1.82) is 0 Å². The van der Waals surface area contributed by atoms with Gasteiger partial charge in [-0.2, -0.15) is 0 Å². The Labute approximate surface area is 134 Å². The number of hydrogen-bond acceptors (Lipinski definition) is 4. The van der Waals surface area contributed by atoms with Gasteiger partial charge in [0.1, 0.15) is 5.82 Å². The van der Waals surface area contributed by atoms with Crippen LogP contribution in [0.3, 0.4) is 0 Å². The van der Waals surface area contributed by atoms with Gasteiger partial charge in [-0.15, -0.1) is 0 Å². The Morgan fingerprint density at radius 1 is 1.32 bits per heavy atom. The lowest BCUT2D eigenvalue weighted by atomic mass is 9.95. The third-order valence-electron chi connectivity index (χ3n) is 4.33.